The van der Waals surface area contributed by atoms with Gasteiger partial charge in [0, 0.05) is 22.7 Å². The molecule has 0 spiro atoms. The van der Waals surface area contributed by atoms with Crippen molar-refractivity contribution in [2.75, 3.05) is 0 Å². The number of aryl methyl sites for hydroxylation is 2. The minimum atomic E-state index is -1.22. The summed E-state index contributed by atoms with van der Waals surface area (Å²) >= 11 is 0. The number of nitrogens with two attached hydrogens (primary N) is 1. The number of hydrogen-bond acceptors (Lipinski definition) is 2. The van der Waals surface area contributed by atoms with Crippen LogP contribution >= 0.6 is 0 Å². The van der Waals surface area contributed by atoms with Gasteiger partial charge in [-0.05, 0) is 57.4 Å². The molecule has 2 atom stereocenters. The second-order valence-corrected chi connectivity index (χ2v) is 7.31. The summed E-state index contributed by atoms with van der Waals surface area (Å²) < 4.78 is 29.9. The van der Waals surface area contributed by atoms with Gasteiger partial charge in [0.25, 0.3) is 11.8 Å². The van der Waals surface area contributed by atoms with E-state index in [-0.39, 0.29) is 113 Å². The van der Waals surface area contributed by atoms with Crippen LogP contribution in [0.3, 0.4) is 0 Å². The van der Waals surface area contributed by atoms with Crippen molar-refractivity contribution in [1.82, 2.24) is 10.3 Å². The third kappa shape index (κ3) is 5.95. The zero-order valence-corrected chi connectivity index (χ0v) is 25.4. The predicted molar refractivity (Wildman–Crippen MR) is 116 cm³/mol. The molecule has 1 heterocycles. The molecule has 1 aliphatic rings. The van der Waals surface area contributed by atoms with E-state index in [2.05, 4.69) is 22.1 Å². The quantitative estimate of drug-likeness (QED) is 0.397. The van der Waals surface area contributed by atoms with Crippen LogP contribution < -0.4 is 79.9 Å². The summed E-state index contributed by atoms with van der Waals surface area (Å²) in [7, 11) is 0. The number of amides is 2. The Kier molecular flexibility index (Phi) is 12.1. The fraction of sp³-hybridized carbons (Fsp3) is 0.391. The number of aromatic nitrogens is 1. The van der Waals surface area contributed by atoms with Crippen LogP contribution in [0.25, 0.3) is 10.9 Å². The first kappa shape index (κ1) is 30.2. The van der Waals surface area contributed by atoms with Crippen molar-refractivity contribution < 1.29 is 87.3 Å². The molecular formula is C23H29CsF2N3O2-. The van der Waals surface area contributed by atoms with E-state index < -0.39 is 23.1 Å². The van der Waals surface area contributed by atoms with E-state index in [1.807, 2.05) is 0 Å². The summed E-state index contributed by atoms with van der Waals surface area (Å²) in [6.45, 7) is 5.17. The molecule has 31 heavy (non-hydrogen) atoms. The fourth-order valence-corrected chi connectivity index (χ4v) is 4.22. The maximum absolute atomic E-state index is 15.1. The fourth-order valence-electron chi connectivity index (χ4n) is 4.22. The number of hydrogen-bond donors (Lipinski definition) is 3. The number of carbonyl (C=O) groups is 2. The number of primary amides is 1. The van der Waals surface area contributed by atoms with Gasteiger partial charge in [0.15, 0.2) is 11.6 Å². The number of halogens is 2. The molecule has 1 aromatic heterocycles. The number of nitrogens with one attached hydrogen (secondary N) is 2. The van der Waals surface area contributed by atoms with E-state index in [1.165, 1.54) is 0 Å². The smallest absolute Gasteiger partial charge is 0.365 e. The first-order chi connectivity index (χ1) is 13.3. The molecule has 1 aromatic carbocycles. The molecule has 1 fully saturated rings. The topological polar surface area (TPSA) is 88.0 Å². The first-order valence-corrected chi connectivity index (χ1v) is 9.29. The van der Waals surface area contributed by atoms with Gasteiger partial charge in [-0.15, -0.1) is 0 Å². The van der Waals surface area contributed by atoms with Gasteiger partial charge in [-0.25, -0.2) is 8.78 Å². The second kappa shape index (κ2) is 12.4. The number of rotatable bonds is 3. The van der Waals surface area contributed by atoms with Crippen molar-refractivity contribution in [3.63, 3.8) is 0 Å². The third-order valence-corrected chi connectivity index (χ3v) is 5.57. The maximum Gasteiger partial charge on any atom is 1.00 e. The SMILES string of the molecule is CC#CC(=O)N[C@H]1CCCC(c2c(F)c(F)c(C(N)=O)c3[nH]c(C)c(C)c23)C1.[CH3-].[CH3-].[Cs+]. The summed E-state index contributed by atoms with van der Waals surface area (Å²) in [5, 5.41) is 3.35. The summed E-state index contributed by atoms with van der Waals surface area (Å²) in [6, 6.07) is -0.166. The van der Waals surface area contributed by atoms with E-state index in [4.69, 9.17) is 5.73 Å². The zero-order chi connectivity index (χ0) is 20.6. The minimum Gasteiger partial charge on any atom is -0.365 e. The molecule has 0 aliphatic heterocycles. The number of aromatic amines is 1. The number of H-pyrrole nitrogens is 1. The Bertz CT molecular complexity index is 1040. The summed E-state index contributed by atoms with van der Waals surface area (Å²) in [5.74, 6) is 1.06. The molecule has 164 valence electrons. The summed E-state index contributed by atoms with van der Waals surface area (Å²) in [4.78, 5) is 26.5. The van der Waals surface area contributed by atoms with E-state index in [9.17, 15) is 14.0 Å². The van der Waals surface area contributed by atoms with Crippen molar-refractivity contribution in [3.05, 3.63) is 48.9 Å². The van der Waals surface area contributed by atoms with E-state index in [1.54, 1.807) is 20.8 Å². The molecule has 0 radical (unpaired) electrons. The normalized spacial score (nSPS) is 17.3. The van der Waals surface area contributed by atoms with Gasteiger partial charge in [0.05, 0.1) is 5.52 Å². The van der Waals surface area contributed by atoms with Crippen molar-refractivity contribution >= 4 is 22.7 Å². The molecular weight excluding hydrogens is 521 g/mol. The van der Waals surface area contributed by atoms with Gasteiger partial charge >= 0.3 is 68.9 Å². The monoisotopic (exact) mass is 550 g/mol. The molecule has 0 bridgehead atoms. The van der Waals surface area contributed by atoms with Gasteiger partial charge in [0.2, 0.25) is 0 Å². The van der Waals surface area contributed by atoms with Gasteiger partial charge in [0.1, 0.15) is 5.56 Å². The van der Waals surface area contributed by atoms with Crippen LogP contribution in [-0.2, 0) is 4.79 Å². The Morgan fingerprint density at radius 3 is 2.39 bits per heavy atom. The van der Waals surface area contributed by atoms with Crippen LogP contribution in [0.4, 0.5) is 8.78 Å². The first-order valence-electron chi connectivity index (χ1n) is 9.29. The van der Waals surface area contributed by atoms with Crippen LogP contribution in [0.2, 0.25) is 0 Å². The molecule has 1 aliphatic carbocycles. The molecule has 2 aromatic rings. The van der Waals surface area contributed by atoms with Crippen LogP contribution in [-0.4, -0.2) is 22.8 Å². The molecule has 0 saturated heterocycles. The molecule has 1 unspecified atom stereocenters. The van der Waals surface area contributed by atoms with Crippen molar-refractivity contribution in [2.24, 2.45) is 5.73 Å². The maximum atomic E-state index is 15.1. The number of fused-ring (bicyclic) bond motifs is 1. The molecule has 3 rings (SSSR count). The van der Waals surface area contributed by atoms with Gasteiger partial charge in [-0.1, -0.05) is 12.3 Å². The van der Waals surface area contributed by atoms with E-state index in [0.29, 0.717) is 18.2 Å². The Morgan fingerprint density at radius 1 is 1.16 bits per heavy atom. The van der Waals surface area contributed by atoms with Crippen LogP contribution in [0.5, 0.6) is 0 Å². The average molecular weight is 550 g/mol. The molecule has 4 N–H and O–H groups in total. The predicted octanol–water partition coefficient (Wildman–Crippen LogP) is 1.23. The molecule has 5 nitrogen and oxygen atoms in total. The average Bonchev–Trinajstić information content (AvgIpc) is 2.91. The van der Waals surface area contributed by atoms with Gasteiger partial charge < -0.3 is 30.9 Å². The van der Waals surface area contributed by atoms with Gasteiger partial charge in [-0.2, -0.15) is 0 Å². The van der Waals surface area contributed by atoms with Crippen LogP contribution in [0.1, 0.15) is 65.7 Å². The van der Waals surface area contributed by atoms with Gasteiger partial charge in [-0.3, -0.25) is 9.59 Å². The van der Waals surface area contributed by atoms with Crippen LogP contribution in [0, 0.1) is 52.2 Å². The standard InChI is InChI=1S/C21H23F2N3O2.2CH3.Cs/c1-4-6-14(27)26-13-8-5-7-12(9-13)16-15-10(2)11(3)25-20(15)17(21(24)28)19(23)18(16)22;;;/h12-13,25H,5,7-9H2,1-3H3,(H2,24,28)(H,26,27);2*1H3;/q;2*-1;+1/t12?,13-;;;/m0.../s1. The number of benzene rings is 1. The van der Waals surface area contributed by atoms with Crippen molar-refractivity contribution in [1.29, 1.82) is 0 Å². The Labute approximate surface area is 242 Å². The molecule has 1 saturated carbocycles. The number of carbonyl (C=O) groups excluding carboxylic acids is 2. The third-order valence-electron chi connectivity index (χ3n) is 5.57. The summed E-state index contributed by atoms with van der Waals surface area (Å²) in [5.41, 5.74) is 6.83. The van der Waals surface area contributed by atoms with Crippen LogP contribution in [0.15, 0.2) is 0 Å². The van der Waals surface area contributed by atoms with Crippen molar-refractivity contribution in [3.8, 4) is 11.8 Å². The largest absolute Gasteiger partial charge is 1.00 e. The Morgan fingerprint density at radius 2 is 1.81 bits per heavy atom. The Hall–Kier alpha value is -0.828. The zero-order valence-electron chi connectivity index (χ0n) is 19.1. The summed E-state index contributed by atoms with van der Waals surface area (Å²) in [6.07, 6.45) is 2.65. The molecule has 2 amide bonds. The van der Waals surface area contributed by atoms with E-state index >= 15 is 4.39 Å². The van der Waals surface area contributed by atoms with E-state index in [0.717, 1.165) is 24.1 Å². The Balaban J connectivity index is 0.00000300. The second-order valence-electron chi connectivity index (χ2n) is 7.31. The minimum absolute atomic E-state index is 0. The molecule has 8 heteroatoms. The van der Waals surface area contributed by atoms with Crippen molar-refractivity contribution in [2.45, 2.75) is 58.4 Å².